The van der Waals surface area contributed by atoms with Gasteiger partial charge in [0.2, 0.25) is 0 Å². The molecule has 0 fully saturated rings. The Morgan fingerprint density at radius 3 is 2.78 bits per heavy atom. The minimum atomic E-state index is -0.842. The van der Waals surface area contributed by atoms with E-state index in [1.165, 1.54) is 17.4 Å². The molecule has 0 saturated heterocycles. The fourth-order valence-corrected chi connectivity index (χ4v) is 2.58. The highest BCUT2D eigenvalue weighted by molar-refractivity contribution is 7.10. The van der Waals surface area contributed by atoms with Crippen LogP contribution in [0.4, 0.5) is 8.78 Å². The normalized spacial score (nSPS) is 12.7. The van der Waals surface area contributed by atoms with Crippen molar-refractivity contribution in [2.75, 3.05) is 13.6 Å². The smallest absolute Gasteiger partial charge is 0.159 e. The van der Waals surface area contributed by atoms with E-state index in [1.54, 1.807) is 6.07 Å². The third-order valence-corrected chi connectivity index (χ3v) is 3.75. The van der Waals surface area contributed by atoms with Crippen molar-refractivity contribution in [3.05, 3.63) is 40.2 Å². The Hall–Kier alpha value is -1.33. The summed E-state index contributed by atoms with van der Waals surface area (Å²) in [6, 6.07) is 3.84. The molecule has 0 aliphatic heterocycles. The van der Waals surface area contributed by atoms with E-state index in [0.29, 0.717) is 17.2 Å². The van der Waals surface area contributed by atoms with Crippen LogP contribution in [0.3, 0.4) is 0 Å². The molecule has 2 nitrogen and oxygen atoms in total. The van der Waals surface area contributed by atoms with Gasteiger partial charge in [-0.3, -0.25) is 0 Å². The summed E-state index contributed by atoms with van der Waals surface area (Å²) in [5.41, 5.74) is 1.30. The first kappa shape index (κ1) is 13.1. The highest BCUT2D eigenvalue weighted by Gasteiger charge is 2.12. The Labute approximate surface area is 109 Å². The summed E-state index contributed by atoms with van der Waals surface area (Å²) in [7, 11) is 1.89. The van der Waals surface area contributed by atoms with E-state index >= 15 is 0 Å². The highest BCUT2D eigenvalue weighted by Crippen LogP contribution is 2.27. The minimum absolute atomic E-state index is 0.305. The molecule has 0 amide bonds. The lowest BCUT2D eigenvalue weighted by atomic mass is 10.1. The zero-order valence-electron chi connectivity index (χ0n) is 10.2. The van der Waals surface area contributed by atoms with Crippen LogP contribution in [0.1, 0.15) is 17.8 Å². The van der Waals surface area contributed by atoms with Crippen LogP contribution in [-0.4, -0.2) is 18.6 Å². The molecule has 2 aromatic rings. The lowest BCUT2D eigenvalue weighted by Gasteiger charge is -2.05. The molecule has 0 spiro atoms. The van der Waals surface area contributed by atoms with E-state index in [2.05, 4.69) is 17.2 Å². The molecule has 1 aromatic carbocycles. The Morgan fingerprint density at radius 1 is 1.33 bits per heavy atom. The van der Waals surface area contributed by atoms with Crippen molar-refractivity contribution < 1.29 is 8.78 Å². The Balaban J connectivity index is 2.26. The van der Waals surface area contributed by atoms with Crippen LogP contribution in [0, 0.1) is 11.6 Å². The molecule has 0 aliphatic carbocycles. The second kappa shape index (κ2) is 5.54. The summed E-state index contributed by atoms with van der Waals surface area (Å²) in [5.74, 6) is -1.37. The molecule has 2 rings (SSSR count). The van der Waals surface area contributed by atoms with Crippen molar-refractivity contribution in [2.45, 2.75) is 12.8 Å². The molecule has 1 unspecified atom stereocenters. The summed E-state index contributed by atoms with van der Waals surface area (Å²) in [5, 5.41) is 5.95. The van der Waals surface area contributed by atoms with Gasteiger partial charge in [0.1, 0.15) is 0 Å². The van der Waals surface area contributed by atoms with E-state index in [1.807, 2.05) is 12.4 Å². The molecule has 0 aliphatic rings. The van der Waals surface area contributed by atoms with E-state index in [-0.39, 0.29) is 0 Å². The van der Waals surface area contributed by atoms with Gasteiger partial charge in [-0.2, -0.15) is 0 Å². The second-order valence-corrected chi connectivity index (χ2v) is 5.05. The van der Waals surface area contributed by atoms with Crippen molar-refractivity contribution in [1.82, 2.24) is 10.3 Å². The predicted octanol–water partition coefficient (Wildman–Crippen LogP) is 3.41. The average Bonchev–Trinajstić information content (AvgIpc) is 2.82. The van der Waals surface area contributed by atoms with Gasteiger partial charge in [-0.25, -0.2) is 13.8 Å². The van der Waals surface area contributed by atoms with Gasteiger partial charge in [0.15, 0.2) is 11.6 Å². The topological polar surface area (TPSA) is 24.9 Å². The third-order valence-electron chi connectivity index (χ3n) is 2.67. The monoisotopic (exact) mass is 268 g/mol. The van der Waals surface area contributed by atoms with E-state index in [4.69, 9.17) is 0 Å². The average molecular weight is 268 g/mol. The first-order valence-corrected chi connectivity index (χ1v) is 6.55. The molecule has 5 heteroatoms. The van der Waals surface area contributed by atoms with Crippen LogP contribution in [0.2, 0.25) is 0 Å². The molecule has 0 bridgehead atoms. The van der Waals surface area contributed by atoms with Gasteiger partial charge in [-0.1, -0.05) is 6.92 Å². The predicted molar refractivity (Wildman–Crippen MR) is 69.8 cm³/mol. The van der Waals surface area contributed by atoms with Crippen LogP contribution < -0.4 is 5.32 Å². The molecular weight excluding hydrogens is 254 g/mol. The van der Waals surface area contributed by atoms with E-state index in [0.717, 1.165) is 17.6 Å². The van der Waals surface area contributed by atoms with Crippen LogP contribution in [0.25, 0.3) is 11.3 Å². The van der Waals surface area contributed by atoms with Gasteiger partial charge in [0.25, 0.3) is 0 Å². The van der Waals surface area contributed by atoms with Gasteiger partial charge in [0.05, 0.1) is 10.7 Å². The van der Waals surface area contributed by atoms with Gasteiger partial charge in [-0.05, 0) is 25.2 Å². The summed E-state index contributed by atoms with van der Waals surface area (Å²) < 4.78 is 26.0. The molecule has 18 heavy (non-hydrogen) atoms. The van der Waals surface area contributed by atoms with Crippen molar-refractivity contribution >= 4 is 11.3 Å². The number of nitrogens with zero attached hydrogens (tertiary/aromatic N) is 1. The van der Waals surface area contributed by atoms with Crippen molar-refractivity contribution in [3.63, 3.8) is 0 Å². The lowest BCUT2D eigenvalue weighted by molar-refractivity contribution is 0.509. The van der Waals surface area contributed by atoms with Gasteiger partial charge in [0, 0.05) is 23.4 Å². The maximum atomic E-state index is 13.1. The first-order valence-electron chi connectivity index (χ1n) is 5.67. The molecule has 1 aromatic heterocycles. The Morgan fingerprint density at radius 2 is 2.11 bits per heavy atom. The molecule has 1 heterocycles. The molecule has 0 radical (unpaired) electrons. The second-order valence-electron chi connectivity index (χ2n) is 4.16. The van der Waals surface area contributed by atoms with Crippen LogP contribution >= 0.6 is 11.3 Å². The molecular formula is C13H14F2N2S. The first-order chi connectivity index (χ1) is 8.61. The molecule has 0 saturated carbocycles. The maximum absolute atomic E-state index is 13.1. The number of benzene rings is 1. The van der Waals surface area contributed by atoms with E-state index < -0.39 is 11.6 Å². The third kappa shape index (κ3) is 2.73. The Bertz CT molecular complexity index is 540. The van der Waals surface area contributed by atoms with Crippen LogP contribution in [0.15, 0.2) is 23.6 Å². The highest BCUT2D eigenvalue weighted by atomic mass is 32.1. The zero-order valence-corrected chi connectivity index (χ0v) is 11.0. The number of likely N-dealkylation sites (N-methyl/N-ethyl adjacent to an activating group) is 1. The largest absolute Gasteiger partial charge is 0.319 e. The maximum Gasteiger partial charge on any atom is 0.159 e. The standard InChI is InChI=1S/C13H14F2N2S/c1-8(6-16-2)13-17-12(7-18-13)9-3-4-10(14)11(15)5-9/h3-5,7-8,16H,6H2,1-2H3. The van der Waals surface area contributed by atoms with Gasteiger partial charge >= 0.3 is 0 Å². The van der Waals surface area contributed by atoms with Gasteiger partial charge in [-0.15, -0.1) is 11.3 Å². The summed E-state index contributed by atoms with van der Waals surface area (Å²) in [6.07, 6.45) is 0. The number of aromatic nitrogens is 1. The van der Waals surface area contributed by atoms with Crippen LogP contribution in [0.5, 0.6) is 0 Å². The van der Waals surface area contributed by atoms with E-state index in [9.17, 15) is 8.78 Å². The lowest BCUT2D eigenvalue weighted by Crippen LogP contribution is -2.14. The number of nitrogens with one attached hydrogen (secondary N) is 1. The number of thiazole rings is 1. The number of halogens is 2. The molecule has 96 valence electrons. The van der Waals surface area contributed by atoms with Crippen molar-refractivity contribution in [3.8, 4) is 11.3 Å². The summed E-state index contributed by atoms with van der Waals surface area (Å²) in [6.45, 7) is 2.91. The Kier molecular flexibility index (Phi) is 4.04. The van der Waals surface area contributed by atoms with Gasteiger partial charge < -0.3 is 5.32 Å². The van der Waals surface area contributed by atoms with Crippen molar-refractivity contribution in [1.29, 1.82) is 0 Å². The van der Waals surface area contributed by atoms with Crippen molar-refractivity contribution in [2.24, 2.45) is 0 Å². The quantitative estimate of drug-likeness (QED) is 0.919. The summed E-state index contributed by atoms with van der Waals surface area (Å²) in [4.78, 5) is 4.46. The molecule has 1 atom stereocenters. The number of hydrogen-bond acceptors (Lipinski definition) is 3. The SMILES string of the molecule is CNCC(C)c1nc(-c2ccc(F)c(F)c2)cs1. The molecule has 1 N–H and O–H groups in total. The number of rotatable bonds is 4. The summed E-state index contributed by atoms with van der Waals surface area (Å²) >= 11 is 1.54. The zero-order chi connectivity index (χ0) is 13.1. The van der Waals surface area contributed by atoms with Crippen LogP contribution in [-0.2, 0) is 0 Å². The fourth-order valence-electron chi connectivity index (χ4n) is 1.70. The number of hydrogen-bond donors (Lipinski definition) is 1. The fraction of sp³-hybridized carbons (Fsp3) is 0.308. The minimum Gasteiger partial charge on any atom is -0.319 e.